The molecule has 1 aliphatic rings. The summed E-state index contributed by atoms with van der Waals surface area (Å²) in [5.74, 6) is 1.67. The van der Waals surface area contributed by atoms with E-state index in [0.717, 1.165) is 17.9 Å². The molecule has 1 fully saturated rings. The fourth-order valence-electron chi connectivity index (χ4n) is 2.85. The van der Waals surface area contributed by atoms with Crippen LogP contribution in [0.3, 0.4) is 0 Å². The maximum atomic E-state index is 10.4. The maximum Gasteiger partial charge on any atom is 0.162 e. The number of phenolic OH excluding ortho intramolecular Hbond substituents is 1. The Labute approximate surface area is 116 Å². The minimum absolute atomic E-state index is 0.277. The molecule has 2 heteroatoms. The lowest BCUT2D eigenvalue weighted by molar-refractivity contribution is 0.125. The first kappa shape index (κ1) is 14.2. The Morgan fingerprint density at radius 1 is 1.16 bits per heavy atom. The quantitative estimate of drug-likeness (QED) is 0.856. The van der Waals surface area contributed by atoms with Gasteiger partial charge in [-0.15, -0.1) is 0 Å². The zero-order valence-electron chi connectivity index (χ0n) is 12.4. The third-order valence-corrected chi connectivity index (χ3v) is 3.73. The fraction of sp³-hybridized carbons (Fsp3) is 0.647. The van der Waals surface area contributed by atoms with Gasteiger partial charge in [0, 0.05) is 0 Å². The van der Waals surface area contributed by atoms with Crippen molar-refractivity contribution in [3.63, 3.8) is 0 Å². The number of aromatic hydroxyl groups is 1. The summed E-state index contributed by atoms with van der Waals surface area (Å²) in [6.45, 7) is 6.00. The van der Waals surface area contributed by atoms with Gasteiger partial charge in [0.25, 0.3) is 0 Å². The molecule has 0 spiro atoms. The number of hydrogen-bond donors (Lipinski definition) is 1. The first-order chi connectivity index (χ1) is 8.96. The average Bonchev–Trinajstić information content (AvgIpc) is 2.34. The first-order valence-corrected chi connectivity index (χ1v) is 7.45. The summed E-state index contributed by atoms with van der Waals surface area (Å²) in [5.41, 5.74) is 0.759. The van der Waals surface area contributed by atoms with Crippen LogP contribution in [0.4, 0.5) is 0 Å². The van der Waals surface area contributed by atoms with E-state index in [1.54, 1.807) is 0 Å². The maximum absolute atomic E-state index is 10.4. The Morgan fingerprint density at radius 2 is 1.84 bits per heavy atom. The molecular weight excluding hydrogens is 236 g/mol. The van der Waals surface area contributed by atoms with Gasteiger partial charge in [-0.2, -0.15) is 0 Å². The third kappa shape index (κ3) is 4.15. The number of benzene rings is 1. The van der Waals surface area contributed by atoms with E-state index < -0.39 is 0 Å². The van der Waals surface area contributed by atoms with Crippen molar-refractivity contribution in [3.05, 3.63) is 23.8 Å². The van der Waals surface area contributed by atoms with Crippen LogP contribution in [-0.4, -0.2) is 10.7 Å². The zero-order chi connectivity index (χ0) is 13.9. The van der Waals surface area contributed by atoms with Crippen molar-refractivity contribution in [1.82, 2.24) is 0 Å². The summed E-state index contributed by atoms with van der Waals surface area (Å²) in [7, 11) is 0. The normalized spacial score (nSPS) is 17.4. The monoisotopic (exact) mass is 262 g/mol. The van der Waals surface area contributed by atoms with Gasteiger partial charge < -0.3 is 9.84 Å². The van der Waals surface area contributed by atoms with Crippen LogP contribution in [0.25, 0.3) is 0 Å². The van der Waals surface area contributed by atoms with Crippen LogP contribution in [-0.2, 0) is 6.42 Å². The molecule has 2 rings (SSSR count). The summed E-state index contributed by atoms with van der Waals surface area (Å²) < 4.78 is 5.81. The Hall–Kier alpha value is -1.18. The van der Waals surface area contributed by atoms with Crippen LogP contribution in [0.15, 0.2) is 18.2 Å². The smallest absolute Gasteiger partial charge is 0.162 e. The molecule has 2 nitrogen and oxygen atoms in total. The molecule has 0 heterocycles. The molecule has 0 amide bonds. The minimum atomic E-state index is -0.277. The number of para-hydroxylation sites is 1. The van der Waals surface area contributed by atoms with Gasteiger partial charge in [-0.25, -0.2) is 0 Å². The van der Waals surface area contributed by atoms with E-state index in [0.29, 0.717) is 11.5 Å². The molecule has 0 aromatic heterocycles. The van der Waals surface area contributed by atoms with Crippen molar-refractivity contribution >= 4 is 0 Å². The van der Waals surface area contributed by atoms with E-state index in [-0.39, 0.29) is 5.60 Å². The number of phenols is 1. The molecule has 1 N–H and O–H groups in total. The van der Waals surface area contributed by atoms with Crippen molar-refractivity contribution < 1.29 is 9.84 Å². The summed E-state index contributed by atoms with van der Waals surface area (Å²) in [4.78, 5) is 0. The van der Waals surface area contributed by atoms with Crippen molar-refractivity contribution in [2.24, 2.45) is 5.92 Å². The number of rotatable bonds is 3. The molecule has 0 atom stereocenters. The second-order valence-corrected chi connectivity index (χ2v) is 6.69. The average molecular weight is 262 g/mol. The van der Waals surface area contributed by atoms with Gasteiger partial charge in [-0.3, -0.25) is 0 Å². The summed E-state index contributed by atoms with van der Waals surface area (Å²) in [6, 6.07) is 5.86. The van der Waals surface area contributed by atoms with Crippen LogP contribution in [0.2, 0.25) is 0 Å². The van der Waals surface area contributed by atoms with Crippen molar-refractivity contribution in [2.45, 2.75) is 64.9 Å². The lowest BCUT2D eigenvalue weighted by Crippen LogP contribution is -2.23. The predicted octanol–water partition coefficient (Wildman–Crippen LogP) is 4.69. The highest BCUT2D eigenvalue weighted by atomic mass is 16.5. The van der Waals surface area contributed by atoms with E-state index in [9.17, 15) is 5.11 Å². The Kier molecular flexibility index (Phi) is 4.38. The highest BCUT2D eigenvalue weighted by Gasteiger charge is 2.19. The second kappa shape index (κ2) is 5.85. The Balaban J connectivity index is 2.10. The lowest BCUT2D eigenvalue weighted by atomic mass is 9.84. The number of ether oxygens (including phenoxy) is 1. The summed E-state index contributed by atoms with van der Waals surface area (Å²) >= 11 is 0. The minimum Gasteiger partial charge on any atom is -0.504 e. The largest absolute Gasteiger partial charge is 0.504 e. The van der Waals surface area contributed by atoms with Gasteiger partial charge in [0.1, 0.15) is 5.60 Å². The van der Waals surface area contributed by atoms with Crippen molar-refractivity contribution in [3.8, 4) is 11.5 Å². The van der Waals surface area contributed by atoms with E-state index in [2.05, 4.69) is 0 Å². The zero-order valence-corrected chi connectivity index (χ0v) is 12.4. The fourth-order valence-corrected chi connectivity index (χ4v) is 2.85. The van der Waals surface area contributed by atoms with Crippen LogP contribution in [0.5, 0.6) is 11.5 Å². The highest BCUT2D eigenvalue weighted by Crippen LogP contribution is 2.36. The Bertz CT molecular complexity index is 412. The van der Waals surface area contributed by atoms with Gasteiger partial charge >= 0.3 is 0 Å². The van der Waals surface area contributed by atoms with E-state index in [1.807, 2.05) is 39.0 Å². The summed E-state index contributed by atoms with van der Waals surface area (Å²) in [5, 5.41) is 10.4. The molecule has 0 aliphatic heterocycles. The molecule has 1 saturated carbocycles. The van der Waals surface area contributed by atoms with Crippen LogP contribution >= 0.6 is 0 Å². The van der Waals surface area contributed by atoms with E-state index in [4.69, 9.17) is 4.74 Å². The Morgan fingerprint density at radius 3 is 2.47 bits per heavy atom. The standard InChI is InChI=1S/C17H26O2/c1-17(2,3)19-15-11-7-10-14(16(15)18)12-13-8-5-4-6-9-13/h7,10-11,13,18H,4-6,8-9,12H2,1-3H3. The van der Waals surface area contributed by atoms with Crippen molar-refractivity contribution in [1.29, 1.82) is 0 Å². The van der Waals surface area contributed by atoms with E-state index in [1.165, 1.54) is 32.1 Å². The molecule has 0 saturated heterocycles. The van der Waals surface area contributed by atoms with Gasteiger partial charge in [0.2, 0.25) is 0 Å². The topological polar surface area (TPSA) is 29.5 Å². The second-order valence-electron chi connectivity index (χ2n) is 6.69. The SMILES string of the molecule is CC(C)(C)Oc1cccc(CC2CCCCC2)c1O. The lowest BCUT2D eigenvalue weighted by Gasteiger charge is -2.24. The molecule has 0 radical (unpaired) electrons. The molecular formula is C17H26O2. The molecule has 1 aromatic carbocycles. The molecule has 1 aromatic rings. The predicted molar refractivity (Wildman–Crippen MR) is 78.8 cm³/mol. The van der Waals surface area contributed by atoms with Crippen molar-refractivity contribution in [2.75, 3.05) is 0 Å². The van der Waals surface area contributed by atoms with Gasteiger partial charge in [0.05, 0.1) is 0 Å². The molecule has 0 bridgehead atoms. The van der Waals surface area contributed by atoms with Crippen LogP contribution in [0, 0.1) is 5.92 Å². The van der Waals surface area contributed by atoms with Crippen LogP contribution < -0.4 is 4.74 Å². The van der Waals surface area contributed by atoms with Crippen LogP contribution in [0.1, 0.15) is 58.4 Å². The van der Waals surface area contributed by atoms with Gasteiger partial charge in [0.15, 0.2) is 11.5 Å². The molecule has 1 aliphatic carbocycles. The third-order valence-electron chi connectivity index (χ3n) is 3.73. The molecule has 0 unspecified atom stereocenters. The van der Waals surface area contributed by atoms with E-state index >= 15 is 0 Å². The van der Waals surface area contributed by atoms with Gasteiger partial charge in [-0.05, 0) is 44.7 Å². The number of hydrogen-bond acceptors (Lipinski definition) is 2. The van der Waals surface area contributed by atoms with Gasteiger partial charge in [-0.1, -0.05) is 44.2 Å². The molecule has 19 heavy (non-hydrogen) atoms. The molecule has 106 valence electrons. The highest BCUT2D eigenvalue weighted by molar-refractivity contribution is 5.45. The first-order valence-electron chi connectivity index (χ1n) is 7.45. The summed E-state index contributed by atoms with van der Waals surface area (Å²) in [6.07, 6.45) is 7.61.